The number of pyridine rings is 1. The SMILES string of the molecule is CN(c1ccccc1)C(c1ccccc1)S(=O)c1nccn1-c1ccccn1. The van der Waals surface area contributed by atoms with Crippen molar-refractivity contribution in [1.29, 1.82) is 0 Å². The van der Waals surface area contributed by atoms with E-state index >= 15 is 0 Å². The molecule has 0 saturated heterocycles. The van der Waals surface area contributed by atoms with E-state index in [1.165, 1.54) is 0 Å². The number of para-hydroxylation sites is 1. The summed E-state index contributed by atoms with van der Waals surface area (Å²) >= 11 is 0. The maximum atomic E-state index is 13.8. The van der Waals surface area contributed by atoms with Crippen molar-refractivity contribution >= 4 is 16.5 Å². The molecule has 4 aromatic rings. The Bertz CT molecular complexity index is 1050. The molecule has 140 valence electrons. The molecule has 0 spiro atoms. The second kappa shape index (κ2) is 8.19. The van der Waals surface area contributed by atoms with Crippen LogP contribution in [0.15, 0.2) is 103 Å². The Morgan fingerprint density at radius 3 is 2.21 bits per heavy atom. The van der Waals surface area contributed by atoms with Crippen molar-refractivity contribution in [2.75, 3.05) is 11.9 Å². The van der Waals surface area contributed by atoms with Gasteiger partial charge in [-0.1, -0.05) is 54.6 Å². The van der Waals surface area contributed by atoms with E-state index in [0.717, 1.165) is 11.3 Å². The monoisotopic (exact) mass is 388 g/mol. The van der Waals surface area contributed by atoms with Gasteiger partial charge >= 0.3 is 0 Å². The zero-order chi connectivity index (χ0) is 19.3. The summed E-state index contributed by atoms with van der Waals surface area (Å²) in [6.45, 7) is 0. The number of rotatable bonds is 6. The van der Waals surface area contributed by atoms with Gasteiger partial charge in [-0.3, -0.25) is 4.57 Å². The van der Waals surface area contributed by atoms with Crippen molar-refractivity contribution < 1.29 is 4.21 Å². The molecule has 0 aliphatic heterocycles. The lowest BCUT2D eigenvalue weighted by Gasteiger charge is -2.29. The van der Waals surface area contributed by atoms with E-state index in [1.54, 1.807) is 23.2 Å². The van der Waals surface area contributed by atoms with Crippen molar-refractivity contribution in [2.45, 2.75) is 10.5 Å². The summed E-state index contributed by atoms with van der Waals surface area (Å²) in [5, 5.41) is 0.0730. The fourth-order valence-electron chi connectivity index (χ4n) is 3.12. The first kappa shape index (κ1) is 18.1. The Morgan fingerprint density at radius 2 is 1.54 bits per heavy atom. The van der Waals surface area contributed by atoms with Crippen LogP contribution < -0.4 is 4.90 Å². The highest BCUT2D eigenvalue weighted by molar-refractivity contribution is 7.85. The zero-order valence-electron chi connectivity index (χ0n) is 15.4. The van der Waals surface area contributed by atoms with Gasteiger partial charge in [-0.25, -0.2) is 14.2 Å². The van der Waals surface area contributed by atoms with Crippen LogP contribution in [0.3, 0.4) is 0 Å². The van der Waals surface area contributed by atoms with Crippen LogP contribution in [0.25, 0.3) is 5.82 Å². The Morgan fingerprint density at radius 1 is 0.857 bits per heavy atom. The quantitative estimate of drug-likeness (QED) is 0.496. The number of hydrogen-bond donors (Lipinski definition) is 0. The summed E-state index contributed by atoms with van der Waals surface area (Å²) < 4.78 is 15.6. The summed E-state index contributed by atoms with van der Waals surface area (Å²) in [4.78, 5) is 10.8. The molecule has 0 radical (unpaired) electrons. The molecular weight excluding hydrogens is 368 g/mol. The van der Waals surface area contributed by atoms with E-state index in [0.29, 0.717) is 11.0 Å². The second-order valence-electron chi connectivity index (χ2n) is 6.27. The second-order valence-corrected chi connectivity index (χ2v) is 7.68. The molecule has 0 N–H and O–H groups in total. The number of benzene rings is 2. The number of hydrogen-bond acceptors (Lipinski definition) is 4. The Balaban J connectivity index is 1.78. The maximum absolute atomic E-state index is 13.8. The fourth-order valence-corrected chi connectivity index (χ4v) is 4.64. The Kier molecular flexibility index (Phi) is 5.30. The minimum atomic E-state index is -1.45. The number of nitrogens with zero attached hydrogens (tertiary/aromatic N) is 4. The molecular formula is C22H20N4OS. The molecule has 6 heteroatoms. The van der Waals surface area contributed by atoms with E-state index in [4.69, 9.17) is 0 Å². The Labute approximate surface area is 166 Å². The van der Waals surface area contributed by atoms with Crippen LogP contribution in [0.2, 0.25) is 0 Å². The average molecular weight is 388 g/mol. The molecule has 2 aromatic heterocycles. The predicted octanol–water partition coefficient (Wildman–Crippen LogP) is 4.21. The van der Waals surface area contributed by atoms with Crippen molar-refractivity contribution in [3.63, 3.8) is 0 Å². The van der Waals surface area contributed by atoms with E-state index in [-0.39, 0.29) is 0 Å². The predicted molar refractivity (Wildman–Crippen MR) is 112 cm³/mol. The normalized spacial score (nSPS) is 13.0. The van der Waals surface area contributed by atoms with Gasteiger partial charge in [0, 0.05) is 31.3 Å². The summed E-state index contributed by atoms with van der Waals surface area (Å²) in [5.74, 6) is 0.692. The van der Waals surface area contributed by atoms with E-state index < -0.39 is 16.2 Å². The van der Waals surface area contributed by atoms with Gasteiger partial charge in [-0.15, -0.1) is 0 Å². The first-order valence-corrected chi connectivity index (χ1v) is 10.1. The molecule has 0 aliphatic carbocycles. The number of imidazole rings is 1. The van der Waals surface area contributed by atoms with Gasteiger partial charge in [-0.05, 0) is 29.8 Å². The highest BCUT2D eigenvalue weighted by atomic mass is 32.2. The van der Waals surface area contributed by atoms with Gasteiger partial charge in [0.05, 0.1) is 0 Å². The fraction of sp³-hybridized carbons (Fsp3) is 0.0909. The molecule has 2 aromatic carbocycles. The molecule has 5 nitrogen and oxygen atoms in total. The van der Waals surface area contributed by atoms with Gasteiger partial charge in [-0.2, -0.15) is 0 Å². The molecule has 4 rings (SSSR count). The van der Waals surface area contributed by atoms with Crippen molar-refractivity contribution in [1.82, 2.24) is 14.5 Å². The molecule has 2 heterocycles. The van der Waals surface area contributed by atoms with Crippen molar-refractivity contribution in [3.05, 3.63) is 103 Å². The molecule has 0 amide bonds. The highest BCUT2D eigenvalue weighted by Gasteiger charge is 2.28. The molecule has 2 unspecified atom stereocenters. The molecule has 0 bridgehead atoms. The summed E-state index contributed by atoms with van der Waals surface area (Å²) in [5.41, 5.74) is 1.95. The minimum absolute atomic E-state index is 0.395. The van der Waals surface area contributed by atoms with E-state index in [9.17, 15) is 4.21 Å². The summed E-state index contributed by atoms with van der Waals surface area (Å²) in [6.07, 6.45) is 5.17. The van der Waals surface area contributed by atoms with Crippen LogP contribution in [0.1, 0.15) is 10.9 Å². The van der Waals surface area contributed by atoms with Gasteiger partial charge in [0.15, 0.2) is 0 Å². The largest absolute Gasteiger partial charge is 0.356 e. The van der Waals surface area contributed by atoms with Crippen molar-refractivity contribution in [3.8, 4) is 5.82 Å². The van der Waals surface area contributed by atoms with E-state index in [1.807, 2.05) is 90.8 Å². The third kappa shape index (κ3) is 3.59. The van der Waals surface area contributed by atoms with Crippen LogP contribution in [-0.2, 0) is 10.8 Å². The molecule has 2 atom stereocenters. The third-order valence-electron chi connectivity index (χ3n) is 4.49. The first-order chi connectivity index (χ1) is 13.8. The topological polar surface area (TPSA) is 51.0 Å². The van der Waals surface area contributed by atoms with Gasteiger partial charge in [0.1, 0.15) is 22.0 Å². The lowest BCUT2D eigenvalue weighted by atomic mass is 10.2. The van der Waals surface area contributed by atoms with Crippen LogP contribution in [-0.4, -0.2) is 25.8 Å². The highest BCUT2D eigenvalue weighted by Crippen LogP contribution is 2.31. The zero-order valence-corrected chi connectivity index (χ0v) is 16.2. The smallest absolute Gasteiger partial charge is 0.207 e. The molecule has 28 heavy (non-hydrogen) atoms. The number of aromatic nitrogens is 3. The van der Waals surface area contributed by atoms with Gasteiger partial charge < -0.3 is 4.90 Å². The molecule has 0 fully saturated rings. The van der Waals surface area contributed by atoms with Crippen molar-refractivity contribution in [2.24, 2.45) is 0 Å². The molecule has 0 aliphatic rings. The molecule has 0 saturated carbocycles. The third-order valence-corrected chi connectivity index (χ3v) is 6.14. The van der Waals surface area contributed by atoms with Crippen LogP contribution in [0, 0.1) is 0 Å². The van der Waals surface area contributed by atoms with Crippen LogP contribution in [0.4, 0.5) is 5.69 Å². The summed E-state index contributed by atoms with van der Waals surface area (Å²) in [6, 6.07) is 25.5. The van der Waals surface area contributed by atoms with Crippen LogP contribution >= 0.6 is 0 Å². The summed E-state index contributed by atoms with van der Waals surface area (Å²) in [7, 11) is 0.511. The number of anilines is 1. The van der Waals surface area contributed by atoms with E-state index in [2.05, 4.69) is 9.97 Å². The Hall–Kier alpha value is -3.25. The first-order valence-electron chi connectivity index (χ1n) is 8.94. The maximum Gasteiger partial charge on any atom is 0.207 e. The van der Waals surface area contributed by atoms with Crippen LogP contribution in [0.5, 0.6) is 0 Å². The van der Waals surface area contributed by atoms with Gasteiger partial charge in [0.2, 0.25) is 5.16 Å². The minimum Gasteiger partial charge on any atom is -0.356 e. The van der Waals surface area contributed by atoms with Gasteiger partial charge in [0.25, 0.3) is 0 Å². The lowest BCUT2D eigenvalue weighted by molar-refractivity contribution is 0.657. The average Bonchev–Trinajstić information content (AvgIpc) is 3.26. The standard InChI is InChI=1S/C22H20N4OS/c1-25(19-12-6-3-7-13-19)21(18-10-4-2-5-11-18)28(27)22-24-16-17-26(22)20-14-8-9-15-23-20/h2-17,21H,1H3. The lowest BCUT2D eigenvalue weighted by Crippen LogP contribution is -2.29.